The third-order valence-electron chi connectivity index (χ3n) is 4.46. The number of ether oxygens (including phenoxy) is 6. The molecule has 0 aliphatic heterocycles. The first-order valence-electron chi connectivity index (χ1n) is 11.2. The molecule has 194 valence electrons. The fourth-order valence-corrected chi connectivity index (χ4v) is 2.82. The van der Waals surface area contributed by atoms with Crippen LogP contribution in [-0.2, 0) is 30.2 Å². The molecule has 2 atom stereocenters. The van der Waals surface area contributed by atoms with Gasteiger partial charge in [-0.05, 0) is 57.0 Å². The van der Waals surface area contributed by atoms with Gasteiger partial charge >= 0.3 is 24.2 Å². The Hall–Kier alpha value is -4.12. The number of carbonyl (C=O) groups excluding carboxylic acids is 4. The van der Waals surface area contributed by atoms with Crippen LogP contribution in [0.5, 0.6) is 11.5 Å². The molecule has 0 radical (unpaired) electrons. The molecular weight excluding hydrogens is 474 g/mol. The molecule has 0 aliphatic rings. The highest BCUT2D eigenvalue weighted by molar-refractivity contribution is 5.89. The molecule has 11 heteroatoms. The van der Waals surface area contributed by atoms with E-state index in [-0.39, 0.29) is 37.7 Å². The van der Waals surface area contributed by atoms with E-state index in [1.165, 1.54) is 18.2 Å². The van der Waals surface area contributed by atoms with E-state index in [2.05, 4.69) is 0 Å². The lowest BCUT2D eigenvalue weighted by Crippen LogP contribution is -2.36. The molecule has 0 saturated heterocycles. The Morgan fingerprint density at radius 3 is 2.06 bits per heavy atom. The standard InChI is InChI=1S/C25H29NO10/c1-4-31-24(29)35-20-12-11-17(14-21(20)36-25(30)32-5-2)13-19(26)23(28)33-15-16(3)34-22(27)18-9-7-6-8-10-18/h6-12,14,16,19H,4-5,13,15,26H2,1-3H3/t16-,19+/m1/s1. The van der Waals surface area contributed by atoms with Crippen LogP contribution in [0.1, 0.15) is 36.7 Å². The third-order valence-corrected chi connectivity index (χ3v) is 4.46. The van der Waals surface area contributed by atoms with Gasteiger partial charge in [0, 0.05) is 0 Å². The summed E-state index contributed by atoms with van der Waals surface area (Å²) < 4.78 is 30.1. The predicted octanol–water partition coefficient (Wildman–Crippen LogP) is 3.42. The molecule has 2 aromatic carbocycles. The molecule has 0 unspecified atom stereocenters. The molecule has 0 heterocycles. The molecule has 0 fully saturated rings. The minimum absolute atomic E-state index is 0.00981. The summed E-state index contributed by atoms with van der Waals surface area (Å²) in [5.74, 6) is -1.48. The Labute approximate surface area is 208 Å². The van der Waals surface area contributed by atoms with Gasteiger partial charge < -0.3 is 34.2 Å². The molecule has 2 rings (SSSR count). The minimum atomic E-state index is -1.07. The van der Waals surface area contributed by atoms with Crippen molar-refractivity contribution in [1.29, 1.82) is 0 Å². The summed E-state index contributed by atoms with van der Waals surface area (Å²) >= 11 is 0. The maximum absolute atomic E-state index is 12.4. The largest absolute Gasteiger partial charge is 0.513 e. The summed E-state index contributed by atoms with van der Waals surface area (Å²) in [5, 5.41) is 0. The maximum Gasteiger partial charge on any atom is 0.513 e. The number of esters is 2. The van der Waals surface area contributed by atoms with Gasteiger partial charge in [-0.25, -0.2) is 14.4 Å². The van der Waals surface area contributed by atoms with Gasteiger partial charge in [0.05, 0.1) is 18.8 Å². The average Bonchev–Trinajstić information content (AvgIpc) is 2.84. The Kier molecular flexibility index (Phi) is 11.2. The summed E-state index contributed by atoms with van der Waals surface area (Å²) in [6.45, 7) is 4.76. The summed E-state index contributed by atoms with van der Waals surface area (Å²) in [4.78, 5) is 47.9. The normalized spacial score (nSPS) is 12.0. The van der Waals surface area contributed by atoms with Crippen molar-refractivity contribution < 1.29 is 47.6 Å². The molecule has 0 aliphatic carbocycles. The van der Waals surface area contributed by atoms with Crippen molar-refractivity contribution in [2.24, 2.45) is 5.73 Å². The third kappa shape index (κ3) is 9.26. The molecule has 36 heavy (non-hydrogen) atoms. The van der Waals surface area contributed by atoms with E-state index >= 15 is 0 Å². The highest BCUT2D eigenvalue weighted by atomic mass is 16.7. The molecular formula is C25H29NO10. The van der Waals surface area contributed by atoms with E-state index < -0.39 is 36.4 Å². The van der Waals surface area contributed by atoms with Gasteiger partial charge in [-0.1, -0.05) is 24.3 Å². The topological polar surface area (TPSA) is 150 Å². The van der Waals surface area contributed by atoms with Gasteiger partial charge in [0.15, 0.2) is 11.5 Å². The van der Waals surface area contributed by atoms with Gasteiger partial charge in [-0.15, -0.1) is 0 Å². The van der Waals surface area contributed by atoms with Crippen molar-refractivity contribution in [3.8, 4) is 11.5 Å². The van der Waals surface area contributed by atoms with E-state index in [9.17, 15) is 19.2 Å². The fraction of sp³-hybridized carbons (Fsp3) is 0.360. The number of rotatable bonds is 11. The van der Waals surface area contributed by atoms with Gasteiger partial charge in [-0.2, -0.15) is 0 Å². The zero-order valence-corrected chi connectivity index (χ0v) is 20.3. The fourth-order valence-electron chi connectivity index (χ4n) is 2.82. The summed E-state index contributed by atoms with van der Waals surface area (Å²) in [7, 11) is 0. The number of hydrogen-bond donors (Lipinski definition) is 1. The number of nitrogens with two attached hydrogens (primary N) is 1. The Bertz CT molecular complexity index is 1040. The number of hydrogen-bond acceptors (Lipinski definition) is 11. The van der Waals surface area contributed by atoms with Gasteiger partial charge in [-0.3, -0.25) is 4.79 Å². The van der Waals surface area contributed by atoms with Crippen LogP contribution in [0.2, 0.25) is 0 Å². The van der Waals surface area contributed by atoms with Crippen molar-refractivity contribution >= 4 is 24.2 Å². The summed E-state index contributed by atoms with van der Waals surface area (Å²) in [6, 6.07) is 11.6. The lowest BCUT2D eigenvalue weighted by Gasteiger charge is -2.17. The van der Waals surface area contributed by atoms with Crippen LogP contribution < -0.4 is 15.2 Å². The molecule has 11 nitrogen and oxygen atoms in total. The summed E-state index contributed by atoms with van der Waals surface area (Å²) in [6.07, 6.45) is -2.68. The van der Waals surface area contributed by atoms with Crippen LogP contribution in [0.15, 0.2) is 48.5 Å². The number of benzene rings is 2. The maximum atomic E-state index is 12.4. The Balaban J connectivity index is 1.97. The molecule has 2 aromatic rings. The van der Waals surface area contributed by atoms with Gasteiger partial charge in [0.2, 0.25) is 0 Å². The molecule has 0 saturated carbocycles. The molecule has 0 aromatic heterocycles. The van der Waals surface area contributed by atoms with Crippen LogP contribution in [0, 0.1) is 0 Å². The highest BCUT2D eigenvalue weighted by Gasteiger charge is 2.21. The van der Waals surface area contributed by atoms with Gasteiger partial charge in [0.25, 0.3) is 0 Å². The molecule has 2 N–H and O–H groups in total. The SMILES string of the molecule is CCOC(=O)Oc1ccc(C[C@H](N)C(=O)OC[C@@H](C)OC(=O)c2ccccc2)cc1OC(=O)OCC. The number of carbonyl (C=O) groups is 4. The zero-order valence-electron chi connectivity index (χ0n) is 20.3. The first kappa shape index (κ1) is 28.1. The average molecular weight is 504 g/mol. The monoisotopic (exact) mass is 503 g/mol. The second kappa shape index (κ2) is 14.3. The zero-order chi connectivity index (χ0) is 26.5. The second-order valence-corrected chi connectivity index (χ2v) is 7.37. The van der Waals surface area contributed by atoms with E-state index in [1.807, 2.05) is 0 Å². The van der Waals surface area contributed by atoms with Gasteiger partial charge in [0.1, 0.15) is 18.8 Å². The van der Waals surface area contributed by atoms with Crippen LogP contribution in [0.4, 0.5) is 9.59 Å². The first-order valence-corrected chi connectivity index (χ1v) is 11.2. The van der Waals surface area contributed by atoms with Crippen molar-refractivity contribution in [3.63, 3.8) is 0 Å². The van der Waals surface area contributed by atoms with E-state index in [0.29, 0.717) is 11.1 Å². The summed E-state index contributed by atoms with van der Waals surface area (Å²) in [5.41, 5.74) is 6.83. The minimum Gasteiger partial charge on any atom is -0.461 e. The van der Waals surface area contributed by atoms with Crippen molar-refractivity contribution in [3.05, 3.63) is 59.7 Å². The van der Waals surface area contributed by atoms with Crippen molar-refractivity contribution in [2.45, 2.75) is 39.3 Å². The van der Waals surface area contributed by atoms with Crippen molar-refractivity contribution in [1.82, 2.24) is 0 Å². The van der Waals surface area contributed by atoms with E-state index in [1.54, 1.807) is 51.1 Å². The quantitative estimate of drug-likeness (QED) is 0.273. The Morgan fingerprint density at radius 1 is 0.833 bits per heavy atom. The predicted molar refractivity (Wildman–Crippen MR) is 126 cm³/mol. The van der Waals surface area contributed by atoms with Crippen molar-refractivity contribution in [2.75, 3.05) is 19.8 Å². The van der Waals surface area contributed by atoms with Crippen LogP contribution in [0.25, 0.3) is 0 Å². The molecule has 0 spiro atoms. The van der Waals surface area contributed by atoms with E-state index in [0.717, 1.165) is 0 Å². The van der Waals surface area contributed by atoms with Crippen LogP contribution >= 0.6 is 0 Å². The van der Waals surface area contributed by atoms with Crippen LogP contribution in [0.3, 0.4) is 0 Å². The van der Waals surface area contributed by atoms with Crippen LogP contribution in [-0.4, -0.2) is 56.2 Å². The lowest BCUT2D eigenvalue weighted by molar-refractivity contribution is -0.148. The molecule has 0 amide bonds. The van der Waals surface area contributed by atoms with E-state index in [4.69, 9.17) is 34.2 Å². The lowest BCUT2D eigenvalue weighted by atomic mass is 10.1. The Morgan fingerprint density at radius 2 is 1.44 bits per heavy atom. The first-order chi connectivity index (χ1) is 17.2. The second-order valence-electron chi connectivity index (χ2n) is 7.37. The molecule has 0 bridgehead atoms. The highest BCUT2D eigenvalue weighted by Crippen LogP contribution is 2.30. The smallest absolute Gasteiger partial charge is 0.461 e.